The topological polar surface area (TPSA) is 32.3 Å². The SMILES string of the molecule is CCC(O)CCNCc1cccs1. The summed E-state index contributed by atoms with van der Waals surface area (Å²) < 4.78 is 0. The summed E-state index contributed by atoms with van der Waals surface area (Å²) in [6.07, 6.45) is 1.55. The van der Waals surface area contributed by atoms with Gasteiger partial charge in [0, 0.05) is 11.4 Å². The van der Waals surface area contributed by atoms with Crippen molar-refractivity contribution in [2.45, 2.75) is 32.4 Å². The minimum Gasteiger partial charge on any atom is -0.393 e. The molecule has 0 amide bonds. The highest BCUT2D eigenvalue weighted by Crippen LogP contribution is 2.07. The van der Waals surface area contributed by atoms with Gasteiger partial charge in [-0.1, -0.05) is 13.0 Å². The third-order valence-electron chi connectivity index (χ3n) is 2.00. The van der Waals surface area contributed by atoms with E-state index in [4.69, 9.17) is 0 Å². The highest BCUT2D eigenvalue weighted by Gasteiger charge is 1.99. The number of rotatable bonds is 6. The van der Waals surface area contributed by atoms with Gasteiger partial charge in [0.05, 0.1) is 6.10 Å². The second-order valence-electron chi connectivity index (χ2n) is 3.11. The van der Waals surface area contributed by atoms with Crippen LogP contribution in [0.25, 0.3) is 0 Å². The van der Waals surface area contributed by atoms with Crippen molar-refractivity contribution in [1.29, 1.82) is 0 Å². The van der Waals surface area contributed by atoms with Crippen molar-refractivity contribution in [3.8, 4) is 0 Å². The summed E-state index contributed by atoms with van der Waals surface area (Å²) in [5.74, 6) is 0. The van der Waals surface area contributed by atoms with Crippen molar-refractivity contribution in [1.82, 2.24) is 5.32 Å². The maximum absolute atomic E-state index is 9.28. The molecule has 0 saturated carbocycles. The van der Waals surface area contributed by atoms with Crippen molar-refractivity contribution in [3.05, 3.63) is 22.4 Å². The molecular formula is C10H17NOS. The Balaban J connectivity index is 2.02. The van der Waals surface area contributed by atoms with Gasteiger partial charge in [-0.25, -0.2) is 0 Å². The molecule has 0 bridgehead atoms. The van der Waals surface area contributed by atoms with Gasteiger partial charge >= 0.3 is 0 Å². The van der Waals surface area contributed by atoms with Crippen LogP contribution in [0.5, 0.6) is 0 Å². The molecule has 1 unspecified atom stereocenters. The average molecular weight is 199 g/mol. The van der Waals surface area contributed by atoms with Crippen LogP contribution < -0.4 is 5.32 Å². The van der Waals surface area contributed by atoms with E-state index in [-0.39, 0.29) is 6.10 Å². The molecule has 1 rings (SSSR count). The summed E-state index contributed by atoms with van der Waals surface area (Å²) in [5.41, 5.74) is 0. The number of aliphatic hydroxyl groups is 1. The summed E-state index contributed by atoms with van der Waals surface area (Å²) in [6, 6.07) is 4.18. The van der Waals surface area contributed by atoms with Gasteiger partial charge in [-0.05, 0) is 30.8 Å². The maximum Gasteiger partial charge on any atom is 0.0549 e. The first kappa shape index (κ1) is 10.7. The zero-order valence-electron chi connectivity index (χ0n) is 7.99. The highest BCUT2D eigenvalue weighted by atomic mass is 32.1. The van der Waals surface area contributed by atoms with Crippen LogP contribution in [-0.4, -0.2) is 17.8 Å². The number of thiophene rings is 1. The van der Waals surface area contributed by atoms with E-state index >= 15 is 0 Å². The zero-order chi connectivity index (χ0) is 9.52. The summed E-state index contributed by atoms with van der Waals surface area (Å²) in [6.45, 7) is 3.82. The lowest BCUT2D eigenvalue weighted by molar-refractivity contribution is 0.160. The Morgan fingerprint density at radius 1 is 1.62 bits per heavy atom. The molecule has 1 atom stereocenters. The average Bonchev–Trinajstić information content (AvgIpc) is 2.64. The largest absolute Gasteiger partial charge is 0.393 e. The van der Waals surface area contributed by atoms with Crippen LogP contribution >= 0.6 is 11.3 Å². The molecule has 0 aliphatic carbocycles. The lowest BCUT2D eigenvalue weighted by Gasteiger charge is -2.07. The van der Waals surface area contributed by atoms with E-state index in [1.54, 1.807) is 11.3 Å². The second-order valence-corrected chi connectivity index (χ2v) is 4.14. The second kappa shape index (κ2) is 6.13. The molecule has 0 spiro atoms. The first-order chi connectivity index (χ1) is 6.33. The predicted octanol–water partition coefficient (Wildman–Crippen LogP) is 2.00. The van der Waals surface area contributed by atoms with Crippen LogP contribution in [0.4, 0.5) is 0 Å². The van der Waals surface area contributed by atoms with Crippen LogP contribution in [-0.2, 0) is 6.54 Å². The Hall–Kier alpha value is -0.380. The summed E-state index contributed by atoms with van der Waals surface area (Å²) in [7, 11) is 0. The van der Waals surface area contributed by atoms with Crippen LogP contribution in [0.1, 0.15) is 24.6 Å². The molecule has 74 valence electrons. The lowest BCUT2D eigenvalue weighted by Crippen LogP contribution is -2.19. The quantitative estimate of drug-likeness (QED) is 0.687. The fraction of sp³-hybridized carbons (Fsp3) is 0.600. The normalized spacial score (nSPS) is 13.1. The van der Waals surface area contributed by atoms with Gasteiger partial charge in [0.2, 0.25) is 0 Å². The minimum atomic E-state index is -0.143. The molecule has 0 aromatic carbocycles. The molecule has 0 radical (unpaired) electrons. The van der Waals surface area contributed by atoms with E-state index in [2.05, 4.69) is 22.8 Å². The third-order valence-corrected chi connectivity index (χ3v) is 2.88. The maximum atomic E-state index is 9.28. The number of nitrogens with one attached hydrogen (secondary N) is 1. The van der Waals surface area contributed by atoms with Gasteiger partial charge in [-0.3, -0.25) is 0 Å². The first-order valence-electron chi connectivity index (χ1n) is 4.74. The fourth-order valence-electron chi connectivity index (χ4n) is 1.10. The molecule has 0 fully saturated rings. The lowest BCUT2D eigenvalue weighted by atomic mass is 10.2. The molecule has 3 heteroatoms. The van der Waals surface area contributed by atoms with Crippen LogP contribution in [0.15, 0.2) is 17.5 Å². The van der Waals surface area contributed by atoms with Crippen LogP contribution in [0, 0.1) is 0 Å². The molecule has 0 aliphatic heterocycles. The van der Waals surface area contributed by atoms with E-state index < -0.39 is 0 Å². The Morgan fingerprint density at radius 2 is 2.46 bits per heavy atom. The molecular weight excluding hydrogens is 182 g/mol. The zero-order valence-corrected chi connectivity index (χ0v) is 8.81. The molecule has 1 aromatic heterocycles. The van der Waals surface area contributed by atoms with Crippen molar-refractivity contribution in [2.75, 3.05) is 6.54 Å². The molecule has 0 saturated heterocycles. The molecule has 13 heavy (non-hydrogen) atoms. The Morgan fingerprint density at radius 3 is 3.08 bits per heavy atom. The molecule has 2 nitrogen and oxygen atoms in total. The Labute approximate surface area is 83.6 Å². The van der Waals surface area contributed by atoms with E-state index in [0.717, 1.165) is 25.9 Å². The molecule has 1 heterocycles. The van der Waals surface area contributed by atoms with Gasteiger partial charge in [0.15, 0.2) is 0 Å². The summed E-state index contributed by atoms with van der Waals surface area (Å²) in [5, 5.41) is 14.7. The van der Waals surface area contributed by atoms with E-state index in [1.165, 1.54) is 4.88 Å². The standard InChI is InChI=1S/C10H17NOS/c1-2-9(12)5-6-11-8-10-4-3-7-13-10/h3-4,7,9,11-12H,2,5-6,8H2,1H3. The van der Waals surface area contributed by atoms with Gasteiger partial charge in [-0.2, -0.15) is 0 Å². The van der Waals surface area contributed by atoms with E-state index in [9.17, 15) is 5.11 Å². The third kappa shape index (κ3) is 4.41. The first-order valence-corrected chi connectivity index (χ1v) is 5.62. The van der Waals surface area contributed by atoms with Gasteiger partial charge in [-0.15, -0.1) is 11.3 Å². The van der Waals surface area contributed by atoms with Crippen molar-refractivity contribution in [2.24, 2.45) is 0 Å². The predicted molar refractivity (Wildman–Crippen MR) is 56.9 cm³/mol. The van der Waals surface area contributed by atoms with E-state index in [0.29, 0.717) is 0 Å². The summed E-state index contributed by atoms with van der Waals surface area (Å²) in [4.78, 5) is 1.35. The highest BCUT2D eigenvalue weighted by molar-refractivity contribution is 7.09. The van der Waals surface area contributed by atoms with E-state index in [1.807, 2.05) is 6.92 Å². The van der Waals surface area contributed by atoms with Crippen LogP contribution in [0.2, 0.25) is 0 Å². The molecule has 0 aliphatic rings. The molecule has 2 N–H and O–H groups in total. The van der Waals surface area contributed by atoms with Gasteiger partial charge in [0.1, 0.15) is 0 Å². The minimum absolute atomic E-state index is 0.143. The van der Waals surface area contributed by atoms with Crippen molar-refractivity contribution >= 4 is 11.3 Å². The van der Waals surface area contributed by atoms with Crippen molar-refractivity contribution < 1.29 is 5.11 Å². The number of hydrogen-bond acceptors (Lipinski definition) is 3. The van der Waals surface area contributed by atoms with Crippen molar-refractivity contribution in [3.63, 3.8) is 0 Å². The Kier molecular flexibility index (Phi) is 5.05. The smallest absolute Gasteiger partial charge is 0.0549 e. The Bertz CT molecular complexity index is 211. The summed E-state index contributed by atoms with van der Waals surface area (Å²) >= 11 is 1.76. The van der Waals surface area contributed by atoms with Gasteiger partial charge in [0.25, 0.3) is 0 Å². The fourth-order valence-corrected chi connectivity index (χ4v) is 1.77. The number of hydrogen-bond donors (Lipinski definition) is 2. The number of aliphatic hydroxyl groups excluding tert-OH is 1. The monoisotopic (exact) mass is 199 g/mol. The van der Waals surface area contributed by atoms with Crippen LogP contribution in [0.3, 0.4) is 0 Å². The van der Waals surface area contributed by atoms with Gasteiger partial charge < -0.3 is 10.4 Å². The molecule has 1 aromatic rings.